The minimum atomic E-state index is 0.0455. The monoisotopic (exact) mass is 398 g/mol. The van der Waals surface area contributed by atoms with Crippen LogP contribution in [-0.4, -0.2) is 16.9 Å². The molecule has 1 amide bonds. The van der Waals surface area contributed by atoms with Gasteiger partial charge in [0.15, 0.2) is 0 Å². The molecule has 6 heteroatoms. The minimum Gasteiger partial charge on any atom is -0.353 e. The molecule has 0 unspecified atom stereocenters. The highest BCUT2D eigenvalue weighted by atomic mass is 79.9. The summed E-state index contributed by atoms with van der Waals surface area (Å²) in [5.74, 6) is 0.934. The third-order valence-corrected chi connectivity index (χ3v) is 5.84. The number of hydrogen-bond donors (Lipinski definition) is 1. The Morgan fingerprint density at radius 1 is 1.41 bits per heavy atom. The molecule has 1 aromatic heterocycles. The number of hydrogen-bond acceptors (Lipinski definition) is 4. The Labute approximate surface area is 148 Å². The summed E-state index contributed by atoms with van der Waals surface area (Å²) in [6.07, 6.45) is 1.30. The summed E-state index contributed by atoms with van der Waals surface area (Å²) in [5.41, 5.74) is 2.11. The highest BCUT2D eigenvalue weighted by Gasteiger charge is 2.10. The van der Waals surface area contributed by atoms with Gasteiger partial charge in [0.05, 0.1) is 12.1 Å². The Balaban J connectivity index is 1.83. The molecule has 22 heavy (non-hydrogen) atoms. The van der Waals surface area contributed by atoms with Crippen LogP contribution in [0.4, 0.5) is 0 Å². The average molecular weight is 399 g/mol. The summed E-state index contributed by atoms with van der Waals surface area (Å²) >= 11 is 6.74. The molecule has 0 aliphatic heterocycles. The van der Waals surface area contributed by atoms with Crippen molar-refractivity contribution in [2.45, 2.75) is 42.8 Å². The number of aromatic nitrogens is 1. The van der Waals surface area contributed by atoms with Crippen LogP contribution in [0.5, 0.6) is 0 Å². The van der Waals surface area contributed by atoms with Crippen LogP contribution in [-0.2, 0) is 17.0 Å². The molecule has 0 saturated heterocycles. The molecule has 0 spiro atoms. The number of halogens is 1. The molecular formula is C16H19BrN2OS2. The minimum absolute atomic E-state index is 0.0455. The highest BCUT2D eigenvalue weighted by Crippen LogP contribution is 2.26. The van der Waals surface area contributed by atoms with Gasteiger partial charge in [-0.1, -0.05) is 46.7 Å². The van der Waals surface area contributed by atoms with E-state index in [-0.39, 0.29) is 11.9 Å². The second-order valence-electron chi connectivity index (χ2n) is 5.07. The van der Waals surface area contributed by atoms with Crippen LogP contribution < -0.4 is 5.32 Å². The van der Waals surface area contributed by atoms with Crippen molar-refractivity contribution >= 4 is 44.9 Å². The van der Waals surface area contributed by atoms with E-state index in [1.807, 2.05) is 24.4 Å². The van der Waals surface area contributed by atoms with Gasteiger partial charge in [0.25, 0.3) is 0 Å². The van der Waals surface area contributed by atoms with Crippen molar-refractivity contribution in [3.63, 3.8) is 0 Å². The van der Waals surface area contributed by atoms with Gasteiger partial charge in [0, 0.05) is 21.6 Å². The number of nitrogens with zero attached hydrogens (tertiary/aromatic N) is 1. The first-order valence-electron chi connectivity index (χ1n) is 7.18. The molecule has 0 saturated carbocycles. The molecule has 0 bridgehead atoms. The van der Waals surface area contributed by atoms with E-state index in [2.05, 4.69) is 45.3 Å². The third-order valence-electron chi connectivity index (χ3n) is 3.17. The molecule has 2 rings (SSSR count). The molecule has 0 fully saturated rings. The van der Waals surface area contributed by atoms with Gasteiger partial charge in [-0.3, -0.25) is 4.79 Å². The maximum absolute atomic E-state index is 11.8. The van der Waals surface area contributed by atoms with Crippen LogP contribution in [0.2, 0.25) is 0 Å². The van der Waals surface area contributed by atoms with E-state index in [1.54, 1.807) is 23.1 Å². The SMILES string of the molecule is CC[C@H](C)NC(=O)Cc1csc(SCc2ccc(Br)cc2)n1. The Hall–Kier alpha value is -0.850. The smallest absolute Gasteiger partial charge is 0.226 e. The maximum atomic E-state index is 11.8. The van der Waals surface area contributed by atoms with Crippen molar-refractivity contribution in [1.29, 1.82) is 0 Å². The van der Waals surface area contributed by atoms with E-state index in [0.717, 1.165) is 26.7 Å². The Morgan fingerprint density at radius 2 is 2.14 bits per heavy atom. The summed E-state index contributed by atoms with van der Waals surface area (Å²) in [4.78, 5) is 16.4. The van der Waals surface area contributed by atoms with Crippen LogP contribution in [0, 0.1) is 0 Å². The number of thiazole rings is 1. The lowest BCUT2D eigenvalue weighted by atomic mass is 10.2. The topological polar surface area (TPSA) is 42.0 Å². The van der Waals surface area contributed by atoms with E-state index in [0.29, 0.717) is 6.42 Å². The first-order chi connectivity index (χ1) is 10.6. The number of nitrogens with one attached hydrogen (secondary N) is 1. The van der Waals surface area contributed by atoms with Crippen molar-refractivity contribution in [3.05, 3.63) is 45.4 Å². The number of carbonyl (C=O) groups excluding carboxylic acids is 1. The van der Waals surface area contributed by atoms with Crippen molar-refractivity contribution in [1.82, 2.24) is 10.3 Å². The van der Waals surface area contributed by atoms with E-state index in [9.17, 15) is 4.79 Å². The highest BCUT2D eigenvalue weighted by molar-refractivity contribution is 9.10. The maximum Gasteiger partial charge on any atom is 0.226 e. The number of thioether (sulfide) groups is 1. The fourth-order valence-corrected chi connectivity index (χ4v) is 3.82. The van der Waals surface area contributed by atoms with E-state index >= 15 is 0 Å². The predicted octanol–water partition coefficient (Wildman–Crippen LogP) is 4.66. The number of amides is 1. The van der Waals surface area contributed by atoms with Gasteiger partial charge in [0.1, 0.15) is 4.34 Å². The average Bonchev–Trinajstić information content (AvgIpc) is 2.93. The molecule has 2 aromatic rings. The number of carbonyl (C=O) groups is 1. The van der Waals surface area contributed by atoms with Gasteiger partial charge < -0.3 is 5.32 Å². The second kappa shape index (κ2) is 8.70. The molecule has 1 aromatic carbocycles. The summed E-state index contributed by atoms with van der Waals surface area (Å²) in [6, 6.07) is 8.51. The van der Waals surface area contributed by atoms with Crippen LogP contribution >= 0.6 is 39.0 Å². The summed E-state index contributed by atoms with van der Waals surface area (Å²) < 4.78 is 2.10. The molecule has 0 aliphatic rings. The van der Waals surface area contributed by atoms with E-state index in [4.69, 9.17) is 0 Å². The molecule has 118 valence electrons. The van der Waals surface area contributed by atoms with Gasteiger partial charge in [-0.25, -0.2) is 4.98 Å². The van der Waals surface area contributed by atoms with Crippen LogP contribution in [0.3, 0.4) is 0 Å². The fourth-order valence-electron chi connectivity index (χ4n) is 1.75. The molecule has 0 aliphatic carbocycles. The summed E-state index contributed by atoms with van der Waals surface area (Å²) in [7, 11) is 0. The lowest BCUT2D eigenvalue weighted by molar-refractivity contribution is -0.121. The molecule has 1 atom stereocenters. The molecule has 0 radical (unpaired) electrons. The Morgan fingerprint density at radius 3 is 2.82 bits per heavy atom. The van der Waals surface area contributed by atoms with E-state index < -0.39 is 0 Å². The summed E-state index contributed by atoms with van der Waals surface area (Å²) in [6.45, 7) is 4.07. The van der Waals surface area contributed by atoms with E-state index in [1.165, 1.54) is 5.56 Å². The molecule has 1 N–H and O–H groups in total. The summed E-state index contributed by atoms with van der Waals surface area (Å²) in [5, 5.41) is 4.94. The Bertz CT molecular complexity index is 613. The largest absolute Gasteiger partial charge is 0.353 e. The quantitative estimate of drug-likeness (QED) is 0.689. The lowest BCUT2D eigenvalue weighted by Crippen LogP contribution is -2.33. The van der Waals surface area contributed by atoms with Crippen molar-refractivity contribution in [3.8, 4) is 0 Å². The zero-order valence-electron chi connectivity index (χ0n) is 12.6. The predicted molar refractivity (Wildman–Crippen MR) is 97.4 cm³/mol. The third kappa shape index (κ3) is 5.74. The zero-order valence-corrected chi connectivity index (χ0v) is 15.9. The standard InChI is InChI=1S/C16H19BrN2OS2/c1-3-11(2)18-15(20)8-14-10-22-16(19-14)21-9-12-4-6-13(17)7-5-12/h4-7,10-11H,3,8-9H2,1-2H3,(H,18,20)/t11-/m0/s1. The number of benzene rings is 1. The Kier molecular flexibility index (Phi) is 6.92. The second-order valence-corrected chi connectivity index (χ2v) is 8.07. The first kappa shape index (κ1) is 17.5. The van der Waals surface area contributed by atoms with Crippen molar-refractivity contribution < 1.29 is 4.79 Å². The zero-order chi connectivity index (χ0) is 15.9. The fraction of sp³-hybridized carbons (Fsp3) is 0.375. The van der Waals surface area contributed by atoms with Crippen LogP contribution in [0.15, 0.2) is 38.5 Å². The van der Waals surface area contributed by atoms with Gasteiger partial charge >= 0.3 is 0 Å². The molecule has 3 nitrogen and oxygen atoms in total. The lowest BCUT2D eigenvalue weighted by Gasteiger charge is -2.10. The van der Waals surface area contributed by atoms with Crippen LogP contribution in [0.1, 0.15) is 31.5 Å². The van der Waals surface area contributed by atoms with Crippen molar-refractivity contribution in [2.75, 3.05) is 0 Å². The van der Waals surface area contributed by atoms with Crippen molar-refractivity contribution in [2.24, 2.45) is 0 Å². The van der Waals surface area contributed by atoms with Gasteiger partial charge in [-0.05, 0) is 31.0 Å². The molecular weight excluding hydrogens is 380 g/mol. The first-order valence-corrected chi connectivity index (χ1v) is 9.83. The number of rotatable bonds is 7. The molecule has 1 heterocycles. The van der Waals surface area contributed by atoms with Crippen LogP contribution in [0.25, 0.3) is 0 Å². The van der Waals surface area contributed by atoms with Gasteiger partial charge in [-0.15, -0.1) is 11.3 Å². The normalized spacial score (nSPS) is 12.1. The van der Waals surface area contributed by atoms with Gasteiger partial charge in [-0.2, -0.15) is 0 Å². The van der Waals surface area contributed by atoms with Gasteiger partial charge in [0.2, 0.25) is 5.91 Å².